The lowest BCUT2D eigenvalue weighted by atomic mass is 10.0. The maximum atomic E-state index is 10.2. The van der Waals surface area contributed by atoms with E-state index in [1.165, 1.54) is 6.33 Å². The van der Waals surface area contributed by atoms with Crippen molar-refractivity contribution >= 4 is 17.0 Å². The zero-order valence-electron chi connectivity index (χ0n) is 11.3. The molecule has 0 amide bonds. The van der Waals surface area contributed by atoms with Gasteiger partial charge in [0.05, 0.1) is 19.5 Å². The van der Waals surface area contributed by atoms with Crippen LogP contribution in [0, 0.1) is 0 Å². The van der Waals surface area contributed by atoms with Crippen LogP contribution in [0.3, 0.4) is 0 Å². The second-order valence-electron chi connectivity index (χ2n) is 5.25. The molecule has 2 unspecified atom stereocenters. The number of ether oxygens (including phenoxy) is 2. The van der Waals surface area contributed by atoms with Crippen molar-refractivity contribution < 1.29 is 19.7 Å². The Morgan fingerprint density at radius 1 is 1.48 bits per heavy atom. The fourth-order valence-electron chi connectivity index (χ4n) is 2.98. The van der Waals surface area contributed by atoms with Crippen molar-refractivity contribution in [3.63, 3.8) is 0 Å². The van der Waals surface area contributed by atoms with E-state index in [1.54, 1.807) is 17.9 Å². The maximum Gasteiger partial charge on any atom is 0.167 e. The zero-order valence-corrected chi connectivity index (χ0v) is 11.3. The first-order chi connectivity index (χ1) is 10.2. The Bertz CT molecular complexity index is 691. The molecule has 0 radical (unpaired) electrons. The number of aliphatic hydroxyl groups is 2. The minimum absolute atomic E-state index is 0.176. The molecule has 9 nitrogen and oxygen atoms in total. The Labute approximate surface area is 119 Å². The van der Waals surface area contributed by atoms with Crippen LogP contribution >= 0.6 is 0 Å². The molecule has 2 bridgehead atoms. The van der Waals surface area contributed by atoms with Gasteiger partial charge in [-0.25, -0.2) is 15.0 Å². The number of aromatic nitrogens is 4. The molecule has 2 aromatic rings. The lowest BCUT2D eigenvalue weighted by molar-refractivity contribution is -0.185. The molecule has 9 heteroatoms. The van der Waals surface area contributed by atoms with Gasteiger partial charge in [-0.3, -0.25) is 4.57 Å². The summed E-state index contributed by atoms with van der Waals surface area (Å²) in [5, 5.41) is 22.7. The van der Waals surface area contributed by atoms with Gasteiger partial charge in [-0.2, -0.15) is 0 Å². The van der Waals surface area contributed by atoms with E-state index in [2.05, 4.69) is 20.3 Å². The Morgan fingerprint density at radius 2 is 2.33 bits per heavy atom. The molecule has 21 heavy (non-hydrogen) atoms. The molecule has 112 valence electrons. The number of hydrogen-bond donors (Lipinski definition) is 3. The minimum atomic E-state index is -1.06. The Kier molecular flexibility index (Phi) is 2.67. The van der Waals surface area contributed by atoms with Crippen molar-refractivity contribution in [3.05, 3.63) is 12.7 Å². The van der Waals surface area contributed by atoms with Crippen molar-refractivity contribution in [3.8, 4) is 0 Å². The SMILES string of the molecule is CNc1ncnc2c1ncn2[C@@H]1O[C@@]2(CO)COC1C2O. The molecule has 4 heterocycles. The van der Waals surface area contributed by atoms with Gasteiger partial charge in [-0.05, 0) is 0 Å². The first-order valence-corrected chi connectivity index (χ1v) is 6.64. The average molecular weight is 293 g/mol. The summed E-state index contributed by atoms with van der Waals surface area (Å²) in [7, 11) is 1.75. The van der Waals surface area contributed by atoms with Gasteiger partial charge in [0.2, 0.25) is 0 Å². The lowest BCUT2D eigenvalue weighted by Crippen LogP contribution is -2.44. The van der Waals surface area contributed by atoms with Crippen LogP contribution in [0.15, 0.2) is 12.7 Å². The summed E-state index contributed by atoms with van der Waals surface area (Å²) < 4.78 is 13.1. The number of hydrogen-bond acceptors (Lipinski definition) is 8. The number of nitrogens with one attached hydrogen (secondary N) is 1. The van der Waals surface area contributed by atoms with Crippen LogP contribution in [-0.4, -0.2) is 67.8 Å². The molecule has 0 aliphatic carbocycles. The van der Waals surface area contributed by atoms with Gasteiger partial charge in [0.1, 0.15) is 29.7 Å². The van der Waals surface area contributed by atoms with E-state index >= 15 is 0 Å². The molecular formula is C12H15N5O4. The molecule has 2 saturated heterocycles. The molecule has 0 saturated carbocycles. The Morgan fingerprint density at radius 3 is 3.05 bits per heavy atom. The fourth-order valence-corrected chi connectivity index (χ4v) is 2.98. The van der Waals surface area contributed by atoms with Gasteiger partial charge in [0.15, 0.2) is 17.7 Å². The summed E-state index contributed by atoms with van der Waals surface area (Å²) in [6.45, 7) is -0.125. The van der Waals surface area contributed by atoms with Crippen LogP contribution in [0.5, 0.6) is 0 Å². The highest BCUT2D eigenvalue weighted by Crippen LogP contribution is 2.45. The number of nitrogens with zero attached hydrogens (tertiary/aromatic N) is 4. The third-order valence-electron chi connectivity index (χ3n) is 4.14. The summed E-state index contributed by atoms with van der Waals surface area (Å²) in [6, 6.07) is 0. The van der Waals surface area contributed by atoms with Gasteiger partial charge in [-0.1, -0.05) is 0 Å². The van der Waals surface area contributed by atoms with E-state index in [9.17, 15) is 10.2 Å². The number of aliphatic hydroxyl groups excluding tert-OH is 2. The van der Waals surface area contributed by atoms with E-state index in [1.807, 2.05) is 0 Å². The lowest BCUT2D eigenvalue weighted by Gasteiger charge is -2.29. The standard InChI is InChI=1S/C12H15N5O4/c1-13-9-6-10(15-4-14-9)17(5-16-6)11-7-8(19)12(2-18,21-11)3-20-7/h4-5,7-8,11,18-19H,2-3H2,1H3,(H,13,14,15)/t7?,8?,11-,12+/m1/s1. The van der Waals surface area contributed by atoms with Gasteiger partial charge in [0.25, 0.3) is 0 Å². The number of imidazole rings is 1. The second kappa shape index (κ2) is 4.34. The molecule has 2 fully saturated rings. The Balaban J connectivity index is 1.79. The second-order valence-corrected chi connectivity index (χ2v) is 5.25. The summed E-state index contributed by atoms with van der Waals surface area (Å²) >= 11 is 0. The van der Waals surface area contributed by atoms with Gasteiger partial charge in [-0.15, -0.1) is 0 Å². The van der Waals surface area contributed by atoms with Gasteiger partial charge in [0, 0.05) is 7.05 Å². The molecule has 2 aromatic heterocycles. The third kappa shape index (κ3) is 1.57. The minimum Gasteiger partial charge on any atom is -0.393 e. The van der Waals surface area contributed by atoms with Crippen LogP contribution < -0.4 is 5.32 Å². The molecular weight excluding hydrogens is 278 g/mol. The molecule has 4 rings (SSSR count). The highest BCUT2D eigenvalue weighted by Gasteiger charge is 2.61. The molecule has 4 atom stereocenters. The summed E-state index contributed by atoms with van der Waals surface area (Å²) in [5.74, 6) is 0.611. The molecule has 0 spiro atoms. The van der Waals surface area contributed by atoms with Gasteiger partial charge < -0.3 is 25.0 Å². The average Bonchev–Trinajstić information content (AvgIpc) is 3.17. The fraction of sp³-hybridized carbons (Fsp3) is 0.583. The maximum absolute atomic E-state index is 10.2. The van der Waals surface area contributed by atoms with Crippen molar-refractivity contribution in [2.24, 2.45) is 0 Å². The van der Waals surface area contributed by atoms with E-state index in [0.717, 1.165) is 0 Å². The third-order valence-corrected chi connectivity index (χ3v) is 4.14. The zero-order chi connectivity index (χ0) is 14.6. The van der Waals surface area contributed by atoms with Crippen LogP contribution in [0.1, 0.15) is 6.23 Å². The number of fused-ring (bicyclic) bond motifs is 3. The summed E-state index contributed by atoms with van der Waals surface area (Å²) in [4.78, 5) is 12.6. The number of rotatable bonds is 3. The van der Waals surface area contributed by atoms with Crippen LogP contribution in [0.25, 0.3) is 11.2 Å². The quantitative estimate of drug-likeness (QED) is 0.652. The number of anilines is 1. The van der Waals surface area contributed by atoms with Crippen molar-refractivity contribution in [1.82, 2.24) is 19.5 Å². The Hall–Kier alpha value is -1.81. The van der Waals surface area contributed by atoms with Crippen LogP contribution in [0.4, 0.5) is 5.82 Å². The highest BCUT2D eigenvalue weighted by atomic mass is 16.7. The summed E-state index contributed by atoms with van der Waals surface area (Å²) in [5.41, 5.74) is 0.125. The molecule has 3 N–H and O–H groups in total. The monoisotopic (exact) mass is 293 g/mol. The van der Waals surface area contributed by atoms with Gasteiger partial charge >= 0.3 is 0 Å². The smallest absolute Gasteiger partial charge is 0.167 e. The molecule has 0 aromatic carbocycles. The molecule has 2 aliphatic heterocycles. The summed E-state index contributed by atoms with van der Waals surface area (Å²) in [6.07, 6.45) is 0.995. The van der Waals surface area contributed by atoms with Crippen LogP contribution in [-0.2, 0) is 9.47 Å². The van der Waals surface area contributed by atoms with E-state index in [4.69, 9.17) is 9.47 Å². The van der Waals surface area contributed by atoms with E-state index in [0.29, 0.717) is 17.0 Å². The predicted molar refractivity (Wildman–Crippen MR) is 70.6 cm³/mol. The largest absolute Gasteiger partial charge is 0.393 e. The van der Waals surface area contributed by atoms with E-state index in [-0.39, 0.29) is 13.2 Å². The van der Waals surface area contributed by atoms with Crippen molar-refractivity contribution in [2.75, 3.05) is 25.6 Å². The van der Waals surface area contributed by atoms with Crippen molar-refractivity contribution in [2.45, 2.75) is 24.0 Å². The predicted octanol–water partition coefficient (Wildman–Crippen LogP) is -1.11. The van der Waals surface area contributed by atoms with Crippen molar-refractivity contribution in [1.29, 1.82) is 0 Å². The highest BCUT2D eigenvalue weighted by molar-refractivity contribution is 5.82. The first-order valence-electron chi connectivity index (χ1n) is 6.64. The molecule has 2 aliphatic rings. The first kappa shape index (κ1) is 12.9. The van der Waals surface area contributed by atoms with E-state index < -0.39 is 24.0 Å². The topological polar surface area (TPSA) is 115 Å². The van der Waals surface area contributed by atoms with Crippen LogP contribution in [0.2, 0.25) is 0 Å². The normalized spacial score (nSPS) is 34.7.